The Bertz CT molecular complexity index is 475. The largest absolute Gasteiger partial charge is 0.388 e. The minimum absolute atomic E-state index is 0.0341. The van der Waals surface area contributed by atoms with Crippen molar-refractivity contribution in [1.82, 2.24) is 4.90 Å². The molecule has 1 aromatic rings. The summed E-state index contributed by atoms with van der Waals surface area (Å²) in [6.07, 6.45) is 0.426. The summed E-state index contributed by atoms with van der Waals surface area (Å²) in [4.78, 5) is 13.3. The van der Waals surface area contributed by atoms with Crippen LogP contribution in [0, 0.1) is 0 Å². The van der Waals surface area contributed by atoms with Crippen LogP contribution in [0.4, 0.5) is 5.69 Å². The fraction of sp³-hybridized carbons (Fsp3) is 0.500. The van der Waals surface area contributed by atoms with Crippen LogP contribution in [0.25, 0.3) is 0 Å². The molecule has 1 unspecified atom stereocenters. The molecule has 1 heterocycles. The molecule has 18 heavy (non-hydrogen) atoms. The van der Waals surface area contributed by atoms with Crippen LogP contribution in [-0.4, -0.2) is 35.6 Å². The Morgan fingerprint density at radius 1 is 1.39 bits per heavy atom. The predicted molar refractivity (Wildman–Crippen MR) is 71.5 cm³/mol. The molecule has 98 valence electrons. The average Bonchev–Trinajstić information content (AvgIpc) is 2.54. The lowest BCUT2D eigenvalue weighted by Crippen LogP contribution is -2.38. The fourth-order valence-electron chi connectivity index (χ4n) is 2.76. The van der Waals surface area contributed by atoms with Crippen molar-refractivity contribution in [3.63, 3.8) is 0 Å². The van der Waals surface area contributed by atoms with Gasteiger partial charge in [0.2, 0.25) is 5.91 Å². The number of carbonyl (C=O) groups is 1. The summed E-state index contributed by atoms with van der Waals surface area (Å²) in [6.45, 7) is 3.60. The van der Waals surface area contributed by atoms with Crippen LogP contribution in [0.3, 0.4) is 0 Å². The summed E-state index contributed by atoms with van der Waals surface area (Å²) >= 11 is 0. The number of likely N-dealkylation sites (N-methyl/N-ethyl adjacent to an activating group) is 1. The molecule has 4 nitrogen and oxygen atoms in total. The Kier molecular flexibility index (Phi) is 3.17. The Labute approximate surface area is 108 Å². The third-order valence-electron chi connectivity index (χ3n) is 3.26. The minimum atomic E-state index is -0.840. The van der Waals surface area contributed by atoms with E-state index in [1.807, 2.05) is 37.2 Å². The molecule has 1 atom stereocenters. The number of hydrogen-bond acceptors (Lipinski definition) is 3. The summed E-state index contributed by atoms with van der Waals surface area (Å²) in [5.74, 6) is 0.0341. The molecule has 0 saturated carbocycles. The van der Waals surface area contributed by atoms with Crippen LogP contribution in [0.1, 0.15) is 31.0 Å². The van der Waals surface area contributed by atoms with Crippen LogP contribution in [0.2, 0.25) is 0 Å². The molecule has 0 aromatic heterocycles. The molecule has 0 spiro atoms. The zero-order valence-electron chi connectivity index (χ0n) is 11.3. The molecule has 0 bridgehead atoms. The highest BCUT2D eigenvalue weighted by atomic mass is 16.3. The van der Waals surface area contributed by atoms with Crippen molar-refractivity contribution in [3.05, 3.63) is 29.3 Å². The standard InChI is InChI=1S/C14H20N2O2/c1-14(2,18)13(16(3)4)9-5-6-11-10(7-9)8-12(17)15-11/h5-7,13,18H,8H2,1-4H3,(H,15,17). The van der Waals surface area contributed by atoms with Gasteiger partial charge in [-0.2, -0.15) is 0 Å². The molecule has 2 N–H and O–H groups in total. The monoisotopic (exact) mass is 248 g/mol. The first-order valence-electron chi connectivity index (χ1n) is 6.10. The van der Waals surface area contributed by atoms with Crippen molar-refractivity contribution in [2.45, 2.75) is 31.9 Å². The van der Waals surface area contributed by atoms with Crippen molar-refractivity contribution < 1.29 is 9.90 Å². The van der Waals surface area contributed by atoms with E-state index in [1.54, 1.807) is 13.8 Å². The van der Waals surface area contributed by atoms with Crippen LogP contribution in [0.15, 0.2) is 18.2 Å². The highest BCUT2D eigenvalue weighted by Gasteiger charge is 2.31. The summed E-state index contributed by atoms with van der Waals surface area (Å²) in [7, 11) is 3.89. The van der Waals surface area contributed by atoms with E-state index in [0.29, 0.717) is 6.42 Å². The smallest absolute Gasteiger partial charge is 0.228 e. The fourth-order valence-corrected chi connectivity index (χ4v) is 2.76. The van der Waals surface area contributed by atoms with Crippen molar-refractivity contribution in [2.24, 2.45) is 0 Å². The third kappa shape index (κ3) is 2.40. The highest BCUT2D eigenvalue weighted by Crippen LogP contribution is 2.33. The van der Waals surface area contributed by atoms with Crippen LogP contribution < -0.4 is 5.32 Å². The van der Waals surface area contributed by atoms with Crippen molar-refractivity contribution >= 4 is 11.6 Å². The first-order chi connectivity index (χ1) is 8.29. The maximum Gasteiger partial charge on any atom is 0.228 e. The maximum absolute atomic E-state index is 11.3. The predicted octanol–water partition coefficient (Wildman–Crippen LogP) is 1.55. The zero-order valence-corrected chi connectivity index (χ0v) is 11.3. The average molecular weight is 248 g/mol. The van der Waals surface area contributed by atoms with Gasteiger partial charge in [0.25, 0.3) is 0 Å². The quantitative estimate of drug-likeness (QED) is 0.853. The molecule has 1 aliphatic rings. The summed E-state index contributed by atoms with van der Waals surface area (Å²) < 4.78 is 0. The molecule has 1 amide bonds. The lowest BCUT2D eigenvalue weighted by Gasteiger charge is -2.35. The molecule has 0 radical (unpaired) electrons. The number of benzene rings is 1. The number of rotatable bonds is 3. The van der Waals surface area contributed by atoms with Crippen LogP contribution in [-0.2, 0) is 11.2 Å². The molecular weight excluding hydrogens is 228 g/mol. The Morgan fingerprint density at radius 3 is 2.61 bits per heavy atom. The highest BCUT2D eigenvalue weighted by molar-refractivity contribution is 5.99. The van der Waals surface area contributed by atoms with Gasteiger partial charge in [0, 0.05) is 5.69 Å². The van der Waals surface area contributed by atoms with Crippen LogP contribution in [0.5, 0.6) is 0 Å². The van der Waals surface area contributed by atoms with E-state index < -0.39 is 5.60 Å². The van der Waals surface area contributed by atoms with Gasteiger partial charge in [-0.3, -0.25) is 9.69 Å². The van der Waals surface area contributed by atoms with Gasteiger partial charge in [0.05, 0.1) is 18.1 Å². The topological polar surface area (TPSA) is 52.6 Å². The van der Waals surface area contributed by atoms with E-state index in [4.69, 9.17) is 0 Å². The second kappa shape index (κ2) is 4.37. The molecule has 1 aromatic carbocycles. The number of anilines is 1. The number of aliphatic hydroxyl groups is 1. The molecule has 1 aliphatic heterocycles. The normalized spacial score (nSPS) is 16.7. The first kappa shape index (κ1) is 13.1. The lowest BCUT2D eigenvalue weighted by atomic mass is 9.89. The maximum atomic E-state index is 11.3. The summed E-state index contributed by atoms with van der Waals surface area (Å²) in [5.41, 5.74) is 2.08. The minimum Gasteiger partial charge on any atom is -0.388 e. The van der Waals surface area contributed by atoms with Gasteiger partial charge in [-0.1, -0.05) is 12.1 Å². The molecule has 4 heteroatoms. The first-order valence-corrected chi connectivity index (χ1v) is 6.10. The molecule has 0 saturated heterocycles. The summed E-state index contributed by atoms with van der Waals surface area (Å²) in [5, 5.41) is 13.1. The second-order valence-corrected chi connectivity index (χ2v) is 5.66. The van der Waals surface area contributed by atoms with Crippen molar-refractivity contribution in [1.29, 1.82) is 0 Å². The van der Waals surface area contributed by atoms with Gasteiger partial charge in [0.15, 0.2) is 0 Å². The van der Waals surface area contributed by atoms with Crippen molar-refractivity contribution in [2.75, 3.05) is 19.4 Å². The summed E-state index contributed by atoms with van der Waals surface area (Å²) in [6, 6.07) is 5.79. The van der Waals surface area contributed by atoms with Gasteiger partial charge in [-0.05, 0) is 45.1 Å². The van der Waals surface area contributed by atoms with Crippen LogP contribution >= 0.6 is 0 Å². The van der Waals surface area contributed by atoms with Gasteiger partial charge >= 0.3 is 0 Å². The molecule has 0 aliphatic carbocycles. The Balaban J connectivity index is 2.39. The van der Waals surface area contributed by atoms with E-state index in [-0.39, 0.29) is 11.9 Å². The second-order valence-electron chi connectivity index (χ2n) is 5.66. The SMILES string of the molecule is CN(C)C(c1ccc2c(c1)CC(=O)N2)C(C)(C)O. The van der Waals surface area contributed by atoms with E-state index in [2.05, 4.69) is 5.32 Å². The molecule has 0 fully saturated rings. The van der Waals surface area contributed by atoms with E-state index >= 15 is 0 Å². The van der Waals surface area contributed by atoms with Crippen molar-refractivity contribution in [3.8, 4) is 0 Å². The van der Waals surface area contributed by atoms with E-state index in [0.717, 1.165) is 16.8 Å². The number of amides is 1. The number of carbonyl (C=O) groups excluding carboxylic acids is 1. The Hall–Kier alpha value is -1.39. The van der Waals surface area contributed by atoms with Gasteiger partial charge in [0.1, 0.15) is 0 Å². The molecule has 2 rings (SSSR count). The van der Waals surface area contributed by atoms with E-state index in [1.165, 1.54) is 0 Å². The number of nitrogens with one attached hydrogen (secondary N) is 1. The zero-order chi connectivity index (χ0) is 13.5. The number of hydrogen-bond donors (Lipinski definition) is 2. The van der Waals surface area contributed by atoms with E-state index in [9.17, 15) is 9.90 Å². The number of nitrogens with zero attached hydrogens (tertiary/aromatic N) is 1. The number of fused-ring (bicyclic) bond motifs is 1. The lowest BCUT2D eigenvalue weighted by molar-refractivity contribution is -0.115. The Morgan fingerprint density at radius 2 is 2.06 bits per heavy atom. The van der Waals surface area contributed by atoms with Gasteiger partial charge in [-0.15, -0.1) is 0 Å². The van der Waals surface area contributed by atoms with Gasteiger partial charge in [-0.25, -0.2) is 0 Å². The van der Waals surface area contributed by atoms with Gasteiger partial charge < -0.3 is 10.4 Å². The molecular formula is C14H20N2O2. The third-order valence-corrected chi connectivity index (χ3v) is 3.26.